The molecule has 0 spiro atoms. The summed E-state index contributed by atoms with van der Waals surface area (Å²) in [7, 11) is 0. The molecule has 1 aliphatic heterocycles. The minimum absolute atomic E-state index is 0.394. The zero-order chi connectivity index (χ0) is 11.0. The summed E-state index contributed by atoms with van der Waals surface area (Å²) in [5.41, 5.74) is 1.58. The van der Waals surface area contributed by atoms with Crippen LogP contribution < -0.4 is 15.7 Å². The van der Waals surface area contributed by atoms with Gasteiger partial charge in [0.1, 0.15) is 6.61 Å². The van der Waals surface area contributed by atoms with Crippen molar-refractivity contribution in [3.05, 3.63) is 46.5 Å². The van der Waals surface area contributed by atoms with E-state index in [1.54, 1.807) is 0 Å². The smallest absolute Gasteiger partial charge is 0.346 e. The van der Waals surface area contributed by atoms with Crippen LogP contribution in [0.3, 0.4) is 0 Å². The molecule has 0 fully saturated rings. The van der Waals surface area contributed by atoms with E-state index in [1.165, 1.54) is 6.20 Å². The number of ether oxygens (including phenoxy) is 1. The Bertz CT molecular complexity index is 592. The van der Waals surface area contributed by atoms with Gasteiger partial charge < -0.3 is 10.1 Å². The lowest BCUT2D eigenvalue weighted by Crippen LogP contribution is -2.11. The molecule has 0 saturated heterocycles. The number of H-pyrrole nitrogens is 1. The number of benzene rings is 1. The van der Waals surface area contributed by atoms with Crippen LogP contribution in [0.2, 0.25) is 0 Å². The highest BCUT2D eigenvalue weighted by atomic mass is 16.5. The van der Waals surface area contributed by atoms with Crippen LogP contribution >= 0.6 is 0 Å². The third-order valence-electron chi connectivity index (χ3n) is 2.44. The maximum Gasteiger partial charge on any atom is 0.346 e. The van der Waals surface area contributed by atoms with Crippen molar-refractivity contribution in [1.82, 2.24) is 9.97 Å². The molecule has 3 rings (SSSR count). The van der Waals surface area contributed by atoms with Gasteiger partial charge >= 0.3 is 5.69 Å². The number of aromatic amines is 1. The Hall–Kier alpha value is -2.30. The highest BCUT2D eigenvalue weighted by molar-refractivity contribution is 5.65. The minimum atomic E-state index is -0.394. The molecule has 0 atom stereocenters. The Kier molecular flexibility index (Phi) is 1.89. The second kappa shape index (κ2) is 3.37. The standard InChI is InChI=1S/C11H9N3O2/c15-11-12-5-9-10(14-11)13-8-4-2-1-3-7(8)6-16-9/h1-5H,6H2,(H2,12,13,14,15). The van der Waals surface area contributed by atoms with E-state index in [1.807, 2.05) is 24.3 Å². The van der Waals surface area contributed by atoms with Gasteiger partial charge in [-0.1, -0.05) is 18.2 Å². The highest BCUT2D eigenvalue weighted by Gasteiger charge is 2.13. The average Bonchev–Trinajstić information content (AvgIpc) is 2.47. The molecular formula is C11H9N3O2. The fourth-order valence-electron chi connectivity index (χ4n) is 1.64. The van der Waals surface area contributed by atoms with Crippen LogP contribution in [0.1, 0.15) is 5.56 Å². The summed E-state index contributed by atoms with van der Waals surface area (Å²) in [5.74, 6) is 1.10. The summed E-state index contributed by atoms with van der Waals surface area (Å²) in [6.45, 7) is 0.462. The van der Waals surface area contributed by atoms with Crippen LogP contribution in [0.5, 0.6) is 5.75 Å². The Morgan fingerprint density at radius 3 is 3.12 bits per heavy atom. The zero-order valence-electron chi connectivity index (χ0n) is 8.36. The Morgan fingerprint density at radius 1 is 1.31 bits per heavy atom. The number of hydrogen-bond donors (Lipinski definition) is 2. The first-order chi connectivity index (χ1) is 7.83. The SMILES string of the molecule is O=c1ncc2c([nH]1)Nc1ccccc1CO2. The number of para-hydroxylation sites is 1. The van der Waals surface area contributed by atoms with Crippen molar-refractivity contribution in [2.75, 3.05) is 5.32 Å². The van der Waals surface area contributed by atoms with Gasteiger partial charge in [-0.25, -0.2) is 4.79 Å². The number of rotatable bonds is 0. The van der Waals surface area contributed by atoms with E-state index in [0.29, 0.717) is 18.2 Å². The number of nitrogens with one attached hydrogen (secondary N) is 2. The Labute approximate surface area is 91.1 Å². The molecule has 1 aromatic carbocycles. The van der Waals surface area contributed by atoms with Crippen LogP contribution in [-0.2, 0) is 6.61 Å². The fourth-order valence-corrected chi connectivity index (χ4v) is 1.64. The van der Waals surface area contributed by atoms with Crippen molar-refractivity contribution in [3.63, 3.8) is 0 Å². The van der Waals surface area contributed by atoms with Gasteiger partial charge in [0, 0.05) is 11.3 Å². The van der Waals surface area contributed by atoms with E-state index in [4.69, 9.17) is 4.74 Å². The molecule has 2 heterocycles. The summed E-state index contributed by atoms with van der Waals surface area (Å²) >= 11 is 0. The number of nitrogens with zero attached hydrogens (tertiary/aromatic N) is 1. The number of anilines is 2. The number of hydrogen-bond acceptors (Lipinski definition) is 4. The monoisotopic (exact) mass is 215 g/mol. The quantitative estimate of drug-likeness (QED) is 0.697. The average molecular weight is 215 g/mol. The third-order valence-corrected chi connectivity index (χ3v) is 2.44. The van der Waals surface area contributed by atoms with Gasteiger partial charge in [0.25, 0.3) is 0 Å². The second-order valence-electron chi connectivity index (χ2n) is 3.50. The first kappa shape index (κ1) is 8.96. The van der Waals surface area contributed by atoms with Crippen molar-refractivity contribution < 1.29 is 4.74 Å². The summed E-state index contributed by atoms with van der Waals surface area (Å²) in [4.78, 5) is 17.3. The predicted molar refractivity (Wildman–Crippen MR) is 58.9 cm³/mol. The zero-order valence-corrected chi connectivity index (χ0v) is 8.36. The Morgan fingerprint density at radius 2 is 2.19 bits per heavy atom. The number of fused-ring (bicyclic) bond motifs is 2. The Balaban J connectivity index is 2.13. The van der Waals surface area contributed by atoms with Crippen LogP contribution in [0.4, 0.5) is 11.5 Å². The molecule has 5 heteroatoms. The van der Waals surface area contributed by atoms with Gasteiger partial charge in [-0.3, -0.25) is 4.98 Å². The first-order valence-corrected chi connectivity index (χ1v) is 4.90. The lowest BCUT2D eigenvalue weighted by molar-refractivity contribution is 0.308. The van der Waals surface area contributed by atoms with E-state index in [0.717, 1.165) is 11.3 Å². The molecular weight excluding hydrogens is 206 g/mol. The van der Waals surface area contributed by atoms with Gasteiger partial charge in [-0.2, -0.15) is 4.98 Å². The summed E-state index contributed by atoms with van der Waals surface area (Å²) < 4.78 is 5.53. The van der Waals surface area contributed by atoms with Crippen LogP contribution in [0.25, 0.3) is 0 Å². The van der Waals surface area contributed by atoms with E-state index < -0.39 is 5.69 Å². The lowest BCUT2D eigenvalue weighted by atomic mass is 10.2. The first-order valence-electron chi connectivity index (χ1n) is 4.90. The molecule has 5 nitrogen and oxygen atoms in total. The van der Waals surface area contributed by atoms with Crippen molar-refractivity contribution in [2.45, 2.75) is 6.61 Å². The van der Waals surface area contributed by atoms with Crippen molar-refractivity contribution in [3.8, 4) is 5.75 Å². The maximum absolute atomic E-state index is 11.1. The molecule has 0 bridgehead atoms. The summed E-state index contributed by atoms with van der Waals surface area (Å²) in [6, 6.07) is 7.78. The minimum Gasteiger partial charge on any atom is -0.483 e. The predicted octanol–water partition coefficient (Wildman–Crippen LogP) is 1.41. The molecule has 1 aliphatic rings. The molecule has 0 radical (unpaired) electrons. The molecule has 16 heavy (non-hydrogen) atoms. The van der Waals surface area contributed by atoms with Crippen molar-refractivity contribution in [2.24, 2.45) is 0 Å². The van der Waals surface area contributed by atoms with E-state index in [-0.39, 0.29) is 0 Å². The summed E-state index contributed by atoms with van der Waals surface area (Å²) in [6.07, 6.45) is 1.42. The van der Waals surface area contributed by atoms with Crippen LogP contribution in [0, 0.1) is 0 Å². The van der Waals surface area contributed by atoms with E-state index in [2.05, 4.69) is 15.3 Å². The molecule has 2 aromatic rings. The normalized spacial score (nSPS) is 12.8. The summed E-state index contributed by atoms with van der Waals surface area (Å²) in [5, 5.41) is 3.12. The van der Waals surface area contributed by atoms with Gasteiger partial charge in [-0.15, -0.1) is 0 Å². The van der Waals surface area contributed by atoms with E-state index in [9.17, 15) is 4.79 Å². The molecule has 0 aliphatic carbocycles. The molecule has 80 valence electrons. The molecule has 0 saturated carbocycles. The molecule has 0 unspecified atom stereocenters. The van der Waals surface area contributed by atoms with Crippen molar-refractivity contribution in [1.29, 1.82) is 0 Å². The molecule has 1 aromatic heterocycles. The largest absolute Gasteiger partial charge is 0.483 e. The highest BCUT2D eigenvalue weighted by Crippen LogP contribution is 2.30. The van der Waals surface area contributed by atoms with Gasteiger partial charge in [-0.05, 0) is 6.07 Å². The fraction of sp³-hybridized carbons (Fsp3) is 0.0909. The topological polar surface area (TPSA) is 67.0 Å². The lowest BCUT2D eigenvalue weighted by Gasteiger charge is -2.05. The molecule has 0 amide bonds. The number of aromatic nitrogens is 2. The maximum atomic E-state index is 11.1. The van der Waals surface area contributed by atoms with E-state index >= 15 is 0 Å². The third kappa shape index (κ3) is 1.42. The van der Waals surface area contributed by atoms with Crippen LogP contribution in [-0.4, -0.2) is 9.97 Å². The van der Waals surface area contributed by atoms with Crippen molar-refractivity contribution >= 4 is 11.5 Å². The van der Waals surface area contributed by atoms with Gasteiger partial charge in [0.15, 0.2) is 11.6 Å². The van der Waals surface area contributed by atoms with Crippen LogP contribution in [0.15, 0.2) is 35.3 Å². The molecule has 2 N–H and O–H groups in total. The second-order valence-corrected chi connectivity index (χ2v) is 3.50. The van der Waals surface area contributed by atoms with Gasteiger partial charge in [0.2, 0.25) is 0 Å². The van der Waals surface area contributed by atoms with Gasteiger partial charge in [0.05, 0.1) is 6.20 Å².